The van der Waals surface area contributed by atoms with E-state index in [4.69, 9.17) is 10.2 Å². The van der Waals surface area contributed by atoms with Crippen LogP contribution in [0, 0.1) is 0 Å². The smallest absolute Gasteiger partial charge is 0.322 e. The number of urea groups is 1. The number of phenols is 1. The fraction of sp³-hybridized carbons (Fsp3) is 0.273. The van der Waals surface area contributed by atoms with E-state index in [0.717, 1.165) is 0 Å². The first kappa shape index (κ1) is 12.3. The molecule has 0 radical (unpaired) electrons. The van der Waals surface area contributed by atoms with Crippen LogP contribution >= 0.6 is 0 Å². The van der Waals surface area contributed by atoms with Crippen molar-refractivity contribution in [1.82, 2.24) is 10.6 Å². The molecule has 18 heavy (non-hydrogen) atoms. The zero-order valence-electron chi connectivity index (χ0n) is 9.30. The molecule has 1 heterocycles. The summed E-state index contributed by atoms with van der Waals surface area (Å²) in [5.41, 5.74) is 0.764. The molecule has 0 aliphatic carbocycles. The molecular weight excluding hydrogens is 240 g/mol. The molecule has 3 amide bonds. The number of amides is 3. The molecule has 0 aromatic heterocycles. The number of carbonyl (C=O) groups excluding carboxylic acids is 2. The molecule has 0 saturated carbocycles. The molecule has 0 bridgehead atoms. The van der Waals surface area contributed by atoms with Gasteiger partial charge in [-0.2, -0.15) is 0 Å². The van der Waals surface area contributed by atoms with E-state index in [9.17, 15) is 14.7 Å². The normalized spacial score (nSPS) is 18.7. The molecule has 0 spiro atoms. The van der Waals surface area contributed by atoms with Crippen LogP contribution in [0.3, 0.4) is 0 Å². The van der Waals surface area contributed by atoms with Gasteiger partial charge in [0.05, 0.1) is 13.2 Å². The summed E-state index contributed by atoms with van der Waals surface area (Å²) in [6, 6.07) is 1.33. The van der Waals surface area contributed by atoms with Crippen molar-refractivity contribution < 1.29 is 24.9 Å². The van der Waals surface area contributed by atoms with E-state index in [-0.39, 0.29) is 16.9 Å². The van der Waals surface area contributed by atoms with E-state index in [1.807, 2.05) is 0 Å². The maximum atomic E-state index is 11.5. The summed E-state index contributed by atoms with van der Waals surface area (Å²) >= 11 is 0. The molecular formula is C11H12N2O5. The summed E-state index contributed by atoms with van der Waals surface area (Å²) in [7, 11) is 0. The van der Waals surface area contributed by atoms with Gasteiger partial charge in [0.15, 0.2) is 0 Å². The number of hydrogen-bond donors (Lipinski definition) is 5. The third-order valence-corrected chi connectivity index (χ3v) is 2.74. The van der Waals surface area contributed by atoms with Gasteiger partial charge < -0.3 is 20.6 Å². The van der Waals surface area contributed by atoms with E-state index < -0.39 is 31.2 Å². The lowest BCUT2D eigenvalue weighted by atomic mass is 9.99. The Labute approximate surface area is 102 Å². The Hall–Kier alpha value is -2.12. The minimum atomic E-state index is -0.881. The average molecular weight is 252 g/mol. The highest BCUT2D eigenvalue weighted by atomic mass is 16.3. The van der Waals surface area contributed by atoms with Crippen LogP contribution in [0.15, 0.2) is 12.1 Å². The monoisotopic (exact) mass is 252 g/mol. The van der Waals surface area contributed by atoms with Crippen molar-refractivity contribution in [1.29, 1.82) is 0 Å². The summed E-state index contributed by atoms with van der Waals surface area (Å²) in [5.74, 6) is -0.730. The third-order valence-electron chi connectivity index (χ3n) is 2.74. The number of rotatable bonds is 3. The number of hydrogen-bond acceptors (Lipinski definition) is 5. The lowest BCUT2D eigenvalue weighted by Gasteiger charge is -2.13. The highest BCUT2D eigenvalue weighted by Gasteiger charge is 2.31. The van der Waals surface area contributed by atoms with Crippen molar-refractivity contribution in [3.63, 3.8) is 0 Å². The number of benzene rings is 1. The lowest BCUT2D eigenvalue weighted by Crippen LogP contribution is -2.22. The van der Waals surface area contributed by atoms with Gasteiger partial charge >= 0.3 is 6.03 Å². The van der Waals surface area contributed by atoms with Crippen LogP contribution in [-0.4, -0.2) is 27.3 Å². The molecule has 7 heteroatoms. The molecule has 1 saturated heterocycles. The van der Waals surface area contributed by atoms with Crippen LogP contribution in [0.5, 0.6) is 5.75 Å². The fourth-order valence-corrected chi connectivity index (χ4v) is 1.85. The second-order valence-electron chi connectivity index (χ2n) is 3.90. The first-order valence-corrected chi connectivity index (χ1v) is 5.24. The Morgan fingerprint density at radius 2 is 1.67 bits per heavy atom. The van der Waals surface area contributed by atoms with Gasteiger partial charge in [-0.1, -0.05) is 0 Å². The molecule has 5 N–H and O–H groups in total. The Morgan fingerprint density at radius 1 is 1.11 bits per heavy atom. The van der Waals surface area contributed by atoms with Crippen LogP contribution < -0.4 is 10.6 Å². The van der Waals surface area contributed by atoms with Gasteiger partial charge in [-0.05, 0) is 17.7 Å². The Balaban J connectivity index is 2.45. The molecule has 1 atom stereocenters. The zero-order valence-corrected chi connectivity index (χ0v) is 9.30. The topological polar surface area (TPSA) is 119 Å². The molecule has 7 nitrogen and oxygen atoms in total. The van der Waals surface area contributed by atoms with Crippen molar-refractivity contribution in [3.8, 4) is 5.75 Å². The molecule has 96 valence electrons. The summed E-state index contributed by atoms with van der Waals surface area (Å²) < 4.78 is 0. The van der Waals surface area contributed by atoms with E-state index in [1.165, 1.54) is 12.1 Å². The van der Waals surface area contributed by atoms with Gasteiger partial charge in [0, 0.05) is 11.1 Å². The first-order valence-electron chi connectivity index (χ1n) is 5.24. The number of nitrogens with one attached hydrogen (secondary N) is 2. The number of aliphatic hydroxyl groups is 2. The fourth-order valence-electron chi connectivity index (χ4n) is 1.85. The summed E-state index contributed by atoms with van der Waals surface area (Å²) in [6.45, 7) is -0.871. The maximum absolute atomic E-state index is 11.5. The van der Waals surface area contributed by atoms with Gasteiger partial charge in [0.1, 0.15) is 11.8 Å². The second-order valence-corrected chi connectivity index (χ2v) is 3.90. The van der Waals surface area contributed by atoms with E-state index in [1.54, 1.807) is 0 Å². The summed E-state index contributed by atoms with van der Waals surface area (Å²) in [6.07, 6.45) is 0. The van der Waals surface area contributed by atoms with Crippen LogP contribution in [0.25, 0.3) is 0 Å². The molecule has 1 aromatic carbocycles. The maximum Gasteiger partial charge on any atom is 0.322 e. The van der Waals surface area contributed by atoms with Crippen LogP contribution in [0.1, 0.15) is 22.7 Å². The van der Waals surface area contributed by atoms with Crippen LogP contribution in [0.4, 0.5) is 4.79 Å². The van der Waals surface area contributed by atoms with Crippen molar-refractivity contribution in [2.24, 2.45) is 0 Å². The summed E-state index contributed by atoms with van der Waals surface area (Å²) in [4.78, 5) is 22.5. The number of carbonyl (C=O) groups is 2. The Morgan fingerprint density at radius 3 is 2.06 bits per heavy atom. The minimum Gasteiger partial charge on any atom is -0.507 e. The van der Waals surface area contributed by atoms with E-state index in [0.29, 0.717) is 5.56 Å². The van der Waals surface area contributed by atoms with Crippen molar-refractivity contribution >= 4 is 11.9 Å². The predicted molar refractivity (Wildman–Crippen MR) is 59.4 cm³/mol. The average Bonchev–Trinajstić information content (AvgIpc) is 2.69. The quantitative estimate of drug-likeness (QED) is 0.454. The number of imide groups is 1. The molecule has 1 fully saturated rings. The second kappa shape index (κ2) is 4.63. The molecule has 1 unspecified atom stereocenters. The molecule has 1 aliphatic heterocycles. The minimum absolute atomic E-state index is 0.186. The molecule has 1 aliphatic rings. The van der Waals surface area contributed by atoms with Crippen molar-refractivity contribution in [2.75, 3.05) is 0 Å². The van der Waals surface area contributed by atoms with Gasteiger partial charge in [-0.15, -0.1) is 0 Å². The van der Waals surface area contributed by atoms with E-state index >= 15 is 0 Å². The standard InChI is InChI=1S/C11H12N2O5/c14-3-6-1-5(2-7(4-15)9(6)16)8-10(17)13-11(18)12-8/h1-2,8,14-16H,3-4H2,(H2,12,13,17,18). The van der Waals surface area contributed by atoms with Crippen LogP contribution in [-0.2, 0) is 18.0 Å². The van der Waals surface area contributed by atoms with Gasteiger partial charge in [-0.3, -0.25) is 10.1 Å². The largest absolute Gasteiger partial charge is 0.507 e. The Kier molecular flexibility index (Phi) is 3.17. The predicted octanol–water partition coefficient (Wildman–Crippen LogP) is -0.743. The van der Waals surface area contributed by atoms with E-state index in [2.05, 4.69) is 10.6 Å². The van der Waals surface area contributed by atoms with Crippen LogP contribution in [0.2, 0.25) is 0 Å². The molecule has 2 rings (SSSR count). The lowest BCUT2D eigenvalue weighted by molar-refractivity contribution is -0.120. The molecule has 1 aromatic rings. The van der Waals surface area contributed by atoms with Gasteiger partial charge in [-0.25, -0.2) is 4.79 Å². The van der Waals surface area contributed by atoms with Gasteiger partial charge in [0.25, 0.3) is 5.91 Å². The SMILES string of the molecule is O=C1NC(=O)C(c2cc(CO)c(O)c(CO)c2)N1. The number of aromatic hydroxyl groups is 1. The van der Waals surface area contributed by atoms with Crippen molar-refractivity contribution in [2.45, 2.75) is 19.3 Å². The van der Waals surface area contributed by atoms with Gasteiger partial charge in [0.2, 0.25) is 0 Å². The highest BCUT2D eigenvalue weighted by Crippen LogP contribution is 2.28. The first-order chi connectivity index (χ1) is 8.56. The summed E-state index contributed by atoms with van der Waals surface area (Å²) in [5, 5.41) is 32.3. The third kappa shape index (κ3) is 2.01. The number of aliphatic hydroxyl groups excluding tert-OH is 2. The zero-order chi connectivity index (χ0) is 13.3. The Bertz CT molecular complexity index is 489. The highest BCUT2D eigenvalue weighted by molar-refractivity contribution is 6.04. The van der Waals surface area contributed by atoms with Crippen molar-refractivity contribution in [3.05, 3.63) is 28.8 Å².